The molecule has 2 rings (SSSR count). The number of Topliss-reactive ketones (excluding diaryl/α,β-unsaturated/α-hetero) is 1. The summed E-state index contributed by atoms with van der Waals surface area (Å²) >= 11 is 0. The average molecular weight is 357 g/mol. The van der Waals surface area contributed by atoms with Gasteiger partial charge in [0.1, 0.15) is 17.2 Å². The van der Waals surface area contributed by atoms with E-state index in [9.17, 15) is 37.7 Å². The molecule has 1 aromatic carbocycles. The van der Waals surface area contributed by atoms with Crippen molar-refractivity contribution in [2.75, 3.05) is 0 Å². The summed E-state index contributed by atoms with van der Waals surface area (Å²) in [7, 11) is 0. The number of nitriles is 1. The first-order chi connectivity index (χ1) is 11.5. The number of benzene rings is 1. The molecule has 1 aromatic rings. The fraction of sp³-hybridized carbons (Fsp3) is 0.333. The molecule has 0 amide bonds. The highest BCUT2D eigenvalue weighted by atomic mass is 19.2. The van der Waals surface area contributed by atoms with Crippen molar-refractivity contribution < 1.29 is 27.3 Å². The second kappa shape index (κ2) is 6.16. The zero-order valence-corrected chi connectivity index (χ0v) is 13.0. The first kappa shape index (κ1) is 18.4. The van der Waals surface area contributed by atoms with Crippen molar-refractivity contribution in [2.24, 2.45) is 0 Å². The van der Waals surface area contributed by atoms with Crippen molar-refractivity contribution in [3.8, 4) is 6.07 Å². The van der Waals surface area contributed by atoms with E-state index in [1.165, 1.54) is 6.07 Å². The van der Waals surface area contributed by atoms with Gasteiger partial charge in [0.2, 0.25) is 17.4 Å². The minimum atomic E-state index is -2.41. The molecule has 25 heavy (non-hydrogen) atoms. The summed E-state index contributed by atoms with van der Waals surface area (Å²) in [5, 5.41) is 22.9. The van der Waals surface area contributed by atoms with Crippen LogP contribution in [0.15, 0.2) is 11.3 Å². The second-order valence-corrected chi connectivity index (χ2v) is 6.04. The van der Waals surface area contributed by atoms with Gasteiger partial charge < -0.3 is 5.32 Å². The number of hydrogen-bond donors (Lipinski definition) is 1. The van der Waals surface area contributed by atoms with Crippen LogP contribution in [0.5, 0.6) is 0 Å². The Bertz CT molecular complexity index is 872. The third kappa shape index (κ3) is 3.05. The van der Waals surface area contributed by atoms with E-state index in [-0.39, 0.29) is 12.1 Å². The molecule has 132 valence electrons. The van der Waals surface area contributed by atoms with Gasteiger partial charge in [0, 0.05) is 11.2 Å². The minimum Gasteiger partial charge on any atom is -0.382 e. The van der Waals surface area contributed by atoms with E-state index in [1.807, 2.05) is 0 Å². The Morgan fingerprint density at radius 2 is 1.76 bits per heavy atom. The van der Waals surface area contributed by atoms with Crippen LogP contribution in [0.4, 0.5) is 23.2 Å². The Morgan fingerprint density at radius 1 is 1.20 bits per heavy atom. The number of carbonyl (C=O) groups excluding carboxylic acids is 1. The molecular formula is C15H11F4N3O3. The lowest BCUT2D eigenvalue weighted by molar-refractivity contribution is -0.388. The van der Waals surface area contributed by atoms with Crippen LogP contribution in [0.2, 0.25) is 0 Å². The van der Waals surface area contributed by atoms with Crippen molar-refractivity contribution >= 4 is 11.5 Å². The maximum Gasteiger partial charge on any atom is 0.322 e. The predicted molar refractivity (Wildman–Crippen MR) is 76.3 cm³/mol. The molecule has 0 spiro atoms. The Balaban J connectivity index is 2.74. The lowest BCUT2D eigenvalue weighted by atomic mass is 9.98. The van der Waals surface area contributed by atoms with Crippen molar-refractivity contribution in [1.29, 1.82) is 5.26 Å². The van der Waals surface area contributed by atoms with E-state index < -0.39 is 56.3 Å². The van der Waals surface area contributed by atoms with E-state index in [2.05, 4.69) is 5.32 Å². The summed E-state index contributed by atoms with van der Waals surface area (Å²) in [6.45, 7) is 3.50. The Labute approximate surface area is 138 Å². The summed E-state index contributed by atoms with van der Waals surface area (Å²) in [6.07, 6.45) is 0.695. The number of ketones is 1. The molecule has 0 aliphatic carbocycles. The number of nitro groups is 1. The summed E-state index contributed by atoms with van der Waals surface area (Å²) in [5.74, 6) is -10.9. The number of carbonyl (C=O) groups is 1. The molecule has 10 heteroatoms. The first-order valence-electron chi connectivity index (χ1n) is 6.98. The predicted octanol–water partition coefficient (Wildman–Crippen LogP) is 3.27. The fourth-order valence-electron chi connectivity index (χ4n) is 2.54. The van der Waals surface area contributed by atoms with Crippen LogP contribution in [0.3, 0.4) is 0 Å². The van der Waals surface area contributed by atoms with Gasteiger partial charge in [-0.05, 0) is 26.7 Å². The largest absolute Gasteiger partial charge is 0.382 e. The SMILES string of the molecule is CC1(C)CCC(=C(C#N)C(=O)c2c(F)c(F)c(F)c(F)c2[N+](=O)[O-])N1. The highest BCUT2D eigenvalue weighted by molar-refractivity contribution is 6.14. The van der Waals surface area contributed by atoms with Gasteiger partial charge in [-0.3, -0.25) is 14.9 Å². The Morgan fingerprint density at radius 3 is 2.20 bits per heavy atom. The maximum absolute atomic E-state index is 14.0. The van der Waals surface area contributed by atoms with E-state index in [0.717, 1.165) is 0 Å². The number of hydrogen-bond acceptors (Lipinski definition) is 5. The van der Waals surface area contributed by atoms with Crippen LogP contribution in [0.25, 0.3) is 0 Å². The third-order valence-corrected chi connectivity index (χ3v) is 3.78. The van der Waals surface area contributed by atoms with Crippen LogP contribution in [-0.4, -0.2) is 16.2 Å². The van der Waals surface area contributed by atoms with Crippen molar-refractivity contribution in [2.45, 2.75) is 32.2 Å². The Hall–Kier alpha value is -2.96. The molecule has 1 aliphatic heterocycles. The number of nitrogens with one attached hydrogen (secondary N) is 1. The van der Waals surface area contributed by atoms with Crippen molar-refractivity contribution in [3.63, 3.8) is 0 Å². The normalized spacial score (nSPS) is 17.6. The van der Waals surface area contributed by atoms with Crippen LogP contribution in [0.1, 0.15) is 37.0 Å². The van der Waals surface area contributed by atoms with Gasteiger partial charge in [0.25, 0.3) is 0 Å². The monoisotopic (exact) mass is 357 g/mol. The molecule has 1 aliphatic rings. The molecule has 1 fully saturated rings. The number of allylic oxidation sites excluding steroid dienone is 2. The smallest absolute Gasteiger partial charge is 0.322 e. The van der Waals surface area contributed by atoms with Crippen LogP contribution in [0, 0.1) is 44.7 Å². The van der Waals surface area contributed by atoms with Crippen molar-refractivity contribution in [3.05, 3.63) is 50.2 Å². The van der Waals surface area contributed by atoms with Gasteiger partial charge in [-0.15, -0.1) is 0 Å². The number of nitro benzene ring substituents is 1. The molecule has 1 saturated heterocycles. The fourth-order valence-corrected chi connectivity index (χ4v) is 2.54. The molecule has 0 unspecified atom stereocenters. The molecule has 6 nitrogen and oxygen atoms in total. The zero-order valence-electron chi connectivity index (χ0n) is 13.0. The van der Waals surface area contributed by atoms with Gasteiger partial charge >= 0.3 is 5.69 Å². The molecule has 1 heterocycles. The quantitative estimate of drug-likeness (QED) is 0.131. The molecular weight excluding hydrogens is 346 g/mol. The maximum atomic E-state index is 14.0. The van der Waals surface area contributed by atoms with Crippen molar-refractivity contribution in [1.82, 2.24) is 5.32 Å². The van der Waals surface area contributed by atoms with Gasteiger partial charge in [-0.1, -0.05) is 0 Å². The lowest BCUT2D eigenvalue weighted by Crippen LogP contribution is -2.32. The summed E-state index contributed by atoms with van der Waals surface area (Å²) < 4.78 is 54.4. The highest BCUT2D eigenvalue weighted by Crippen LogP contribution is 2.34. The molecule has 0 saturated carbocycles. The van der Waals surface area contributed by atoms with E-state index >= 15 is 0 Å². The number of rotatable bonds is 3. The molecule has 0 bridgehead atoms. The highest BCUT2D eigenvalue weighted by Gasteiger charge is 2.39. The molecule has 0 radical (unpaired) electrons. The third-order valence-electron chi connectivity index (χ3n) is 3.78. The van der Waals surface area contributed by atoms with E-state index in [0.29, 0.717) is 6.42 Å². The van der Waals surface area contributed by atoms with Gasteiger partial charge in [-0.25, -0.2) is 13.2 Å². The van der Waals surface area contributed by atoms with Gasteiger partial charge in [0.05, 0.1) is 4.92 Å². The average Bonchev–Trinajstić information content (AvgIpc) is 2.88. The molecule has 0 atom stereocenters. The second-order valence-electron chi connectivity index (χ2n) is 6.04. The zero-order chi connectivity index (χ0) is 19.1. The number of halogens is 4. The van der Waals surface area contributed by atoms with E-state index in [1.54, 1.807) is 13.8 Å². The summed E-state index contributed by atoms with van der Waals surface area (Å²) in [4.78, 5) is 21.8. The Kier molecular flexibility index (Phi) is 4.53. The van der Waals surface area contributed by atoms with Crippen LogP contribution < -0.4 is 5.32 Å². The topological polar surface area (TPSA) is 96.0 Å². The van der Waals surface area contributed by atoms with Gasteiger partial charge in [-0.2, -0.15) is 9.65 Å². The molecule has 0 aromatic heterocycles. The first-order valence-corrected chi connectivity index (χ1v) is 6.98. The number of nitrogens with zero attached hydrogens (tertiary/aromatic N) is 2. The minimum absolute atomic E-state index is 0.0661. The van der Waals surface area contributed by atoms with Crippen LogP contribution in [-0.2, 0) is 0 Å². The summed E-state index contributed by atoms with van der Waals surface area (Å²) in [6, 6.07) is 1.47. The van der Waals surface area contributed by atoms with Gasteiger partial charge in [0.15, 0.2) is 11.6 Å². The summed E-state index contributed by atoms with van der Waals surface area (Å²) in [5.41, 5.74) is -4.64. The van der Waals surface area contributed by atoms with Crippen LogP contribution >= 0.6 is 0 Å². The lowest BCUT2D eigenvalue weighted by Gasteiger charge is -2.18. The standard InChI is InChI=1S/C15H11F4N3O3/c1-15(2)4-3-7(21-15)6(5-20)14(23)8-9(16)10(17)11(18)12(19)13(8)22(24)25/h21H,3-4H2,1-2H3. The van der Waals surface area contributed by atoms with E-state index in [4.69, 9.17) is 0 Å². The molecule has 1 N–H and O–H groups in total.